The van der Waals surface area contributed by atoms with Gasteiger partial charge in [-0.2, -0.15) is 0 Å². The van der Waals surface area contributed by atoms with Crippen molar-refractivity contribution in [3.8, 4) is 0 Å². The number of hydrogen-bond acceptors (Lipinski definition) is 3. The van der Waals surface area contributed by atoms with Crippen LogP contribution in [-0.4, -0.2) is 17.1 Å². The van der Waals surface area contributed by atoms with Crippen molar-refractivity contribution in [1.82, 2.24) is 4.90 Å². The number of carbonyl (C=O) groups is 2. The Labute approximate surface area is 162 Å². The molecule has 3 aromatic rings. The van der Waals surface area contributed by atoms with E-state index < -0.39 is 6.04 Å². The van der Waals surface area contributed by atoms with Gasteiger partial charge in [0.25, 0.3) is 0 Å². The van der Waals surface area contributed by atoms with Crippen LogP contribution in [0.5, 0.6) is 0 Å². The molecule has 0 spiro atoms. The molecule has 28 heavy (non-hydrogen) atoms. The molecule has 5 heteroatoms. The topological polar surface area (TPSA) is 49.4 Å². The van der Waals surface area contributed by atoms with E-state index in [0.717, 1.165) is 23.1 Å². The summed E-state index contributed by atoms with van der Waals surface area (Å²) < 4.78 is 13.3. The van der Waals surface area contributed by atoms with E-state index in [9.17, 15) is 14.0 Å². The van der Waals surface area contributed by atoms with E-state index in [4.69, 9.17) is 0 Å². The molecule has 0 fully saturated rings. The van der Waals surface area contributed by atoms with Gasteiger partial charge in [-0.15, -0.1) is 0 Å². The average Bonchev–Trinajstić information content (AvgIpc) is 2.85. The molecule has 1 aliphatic heterocycles. The fraction of sp³-hybridized carbons (Fsp3) is 0.130. The van der Waals surface area contributed by atoms with Crippen molar-refractivity contribution in [3.05, 3.63) is 101 Å². The highest BCUT2D eigenvalue weighted by Crippen LogP contribution is 2.33. The minimum atomic E-state index is -0.640. The lowest BCUT2D eigenvalue weighted by molar-refractivity contribution is -0.121. The van der Waals surface area contributed by atoms with E-state index in [1.54, 1.807) is 24.3 Å². The third kappa shape index (κ3) is 3.57. The predicted molar refractivity (Wildman–Crippen MR) is 105 cm³/mol. The molecule has 0 aliphatic carbocycles. The van der Waals surface area contributed by atoms with E-state index in [1.807, 2.05) is 41.3 Å². The summed E-state index contributed by atoms with van der Waals surface area (Å²) in [5, 5.41) is 2.99. The van der Waals surface area contributed by atoms with Crippen LogP contribution < -0.4 is 5.32 Å². The predicted octanol–water partition coefficient (Wildman–Crippen LogP) is 4.33. The monoisotopic (exact) mass is 374 g/mol. The Morgan fingerprint density at radius 2 is 1.71 bits per heavy atom. The minimum Gasteiger partial charge on any atom is -0.324 e. The lowest BCUT2D eigenvalue weighted by atomic mass is 9.98. The number of amides is 1. The van der Waals surface area contributed by atoms with Crippen LogP contribution >= 0.6 is 0 Å². The number of carbonyl (C=O) groups excluding carboxylic acids is 2. The third-order valence-electron chi connectivity index (χ3n) is 4.98. The minimum absolute atomic E-state index is 0.193. The van der Waals surface area contributed by atoms with E-state index in [0.29, 0.717) is 24.2 Å². The highest BCUT2D eigenvalue weighted by Gasteiger charge is 2.33. The number of nitrogens with zero attached hydrogens (tertiary/aromatic N) is 1. The second kappa shape index (κ2) is 7.74. The molecule has 4 rings (SSSR count). The van der Waals surface area contributed by atoms with Crippen molar-refractivity contribution in [3.63, 3.8) is 0 Å². The lowest BCUT2D eigenvalue weighted by Gasteiger charge is -2.29. The Bertz CT molecular complexity index is 1020. The molecule has 0 saturated heterocycles. The summed E-state index contributed by atoms with van der Waals surface area (Å²) in [6.45, 7) is 0.962. The van der Waals surface area contributed by atoms with E-state index in [1.165, 1.54) is 12.1 Å². The Morgan fingerprint density at radius 1 is 1.00 bits per heavy atom. The number of halogens is 1. The summed E-state index contributed by atoms with van der Waals surface area (Å²) in [5.41, 5.74) is 3.79. The molecule has 0 bridgehead atoms. The third-order valence-corrected chi connectivity index (χ3v) is 4.98. The molecule has 0 radical (unpaired) electrons. The van der Waals surface area contributed by atoms with E-state index in [-0.39, 0.29) is 11.7 Å². The first-order valence-electron chi connectivity index (χ1n) is 9.07. The quantitative estimate of drug-likeness (QED) is 0.692. The second-order valence-corrected chi connectivity index (χ2v) is 6.83. The van der Waals surface area contributed by atoms with Crippen molar-refractivity contribution in [2.75, 3.05) is 5.32 Å². The summed E-state index contributed by atoms with van der Waals surface area (Å²) in [5.74, 6) is -0.494. The molecule has 1 N–H and O–H groups in total. The van der Waals surface area contributed by atoms with Gasteiger partial charge in [0, 0.05) is 24.3 Å². The largest absolute Gasteiger partial charge is 0.324 e. The van der Waals surface area contributed by atoms with Crippen LogP contribution in [0.3, 0.4) is 0 Å². The van der Waals surface area contributed by atoms with Gasteiger partial charge in [0.15, 0.2) is 0 Å². The summed E-state index contributed by atoms with van der Waals surface area (Å²) in [7, 11) is 0. The molecule has 4 nitrogen and oxygen atoms in total. The first-order valence-corrected chi connectivity index (χ1v) is 9.07. The van der Waals surface area contributed by atoms with Crippen LogP contribution in [-0.2, 0) is 17.9 Å². The van der Waals surface area contributed by atoms with Crippen LogP contribution in [0, 0.1) is 5.82 Å². The molecule has 140 valence electrons. The lowest BCUT2D eigenvalue weighted by Crippen LogP contribution is -2.35. The number of aldehydes is 1. The maximum atomic E-state index is 13.3. The number of anilines is 1. The van der Waals surface area contributed by atoms with Crippen LogP contribution in [0.15, 0.2) is 72.8 Å². The fourth-order valence-corrected chi connectivity index (χ4v) is 3.63. The van der Waals surface area contributed by atoms with E-state index in [2.05, 4.69) is 5.32 Å². The van der Waals surface area contributed by atoms with Gasteiger partial charge < -0.3 is 5.32 Å². The molecule has 1 aliphatic rings. The summed E-state index contributed by atoms with van der Waals surface area (Å²) >= 11 is 0. The first-order chi connectivity index (χ1) is 13.7. The maximum Gasteiger partial charge on any atom is 0.246 e. The average molecular weight is 374 g/mol. The molecule has 1 atom stereocenters. The van der Waals surface area contributed by atoms with Gasteiger partial charge in [0.05, 0.1) is 0 Å². The van der Waals surface area contributed by atoms with Gasteiger partial charge >= 0.3 is 0 Å². The van der Waals surface area contributed by atoms with Crippen LogP contribution in [0.1, 0.15) is 33.1 Å². The SMILES string of the molecule is O=Cc1ccccc1C1C(=O)Nc2ccccc2CN1Cc1ccc(F)cc1. The Kier molecular flexibility index (Phi) is 5.00. The Hall–Kier alpha value is -3.31. The van der Waals surface area contributed by atoms with Crippen molar-refractivity contribution in [1.29, 1.82) is 0 Å². The highest BCUT2D eigenvalue weighted by molar-refractivity contribution is 5.98. The van der Waals surface area contributed by atoms with Gasteiger partial charge in [0.1, 0.15) is 18.1 Å². The van der Waals surface area contributed by atoms with Crippen LogP contribution in [0.4, 0.5) is 10.1 Å². The van der Waals surface area contributed by atoms with Crippen LogP contribution in [0.25, 0.3) is 0 Å². The van der Waals surface area contributed by atoms with Gasteiger partial charge in [-0.25, -0.2) is 4.39 Å². The smallest absolute Gasteiger partial charge is 0.246 e. The normalized spacial score (nSPS) is 16.8. The molecule has 0 saturated carbocycles. The summed E-state index contributed by atoms with van der Waals surface area (Å²) in [6.07, 6.45) is 0.775. The molecule has 1 heterocycles. The molecule has 1 amide bonds. The number of benzene rings is 3. The maximum absolute atomic E-state index is 13.3. The molecule has 1 unspecified atom stereocenters. The van der Waals surface area contributed by atoms with Gasteiger partial charge in [-0.05, 0) is 34.9 Å². The zero-order valence-corrected chi connectivity index (χ0v) is 15.1. The van der Waals surface area contributed by atoms with Gasteiger partial charge in [-0.3, -0.25) is 14.5 Å². The Balaban J connectivity index is 1.79. The Morgan fingerprint density at radius 3 is 2.50 bits per heavy atom. The number of fused-ring (bicyclic) bond motifs is 1. The summed E-state index contributed by atoms with van der Waals surface area (Å²) in [6, 6.07) is 20.4. The van der Waals surface area contributed by atoms with Crippen molar-refractivity contribution in [2.45, 2.75) is 19.1 Å². The molecular formula is C23H19FN2O2. The van der Waals surface area contributed by atoms with E-state index >= 15 is 0 Å². The van der Waals surface area contributed by atoms with Gasteiger partial charge in [0.2, 0.25) is 5.91 Å². The molecular weight excluding hydrogens is 355 g/mol. The first kappa shape index (κ1) is 18.1. The standard InChI is InChI=1S/C23H19FN2O2/c24-19-11-9-16(10-12-19)13-26-14-17-5-2-4-8-21(17)25-23(28)22(26)20-7-3-1-6-18(20)15-27/h1-12,15,22H,13-14H2,(H,25,28). The number of rotatable bonds is 4. The molecule has 3 aromatic carbocycles. The number of hydrogen-bond donors (Lipinski definition) is 1. The highest BCUT2D eigenvalue weighted by atomic mass is 19.1. The summed E-state index contributed by atoms with van der Waals surface area (Å²) in [4.78, 5) is 26.8. The fourth-order valence-electron chi connectivity index (χ4n) is 3.63. The zero-order valence-electron chi connectivity index (χ0n) is 15.1. The number of nitrogens with one attached hydrogen (secondary N) is 1. The van der Waals surface area contributed by atoms with Crippen molar-refractivity contribution in [2.24, 2.45) is 0 Å². The van der Waals surface area contributed by atoms with Gasteiger partial charge in [-0.1, -0.05) is 54.6 Å². The second-order valence-electron chi connectivity index (χ2n) is 6.83. The van der Waals surface area contributed by atoms with Crippen molar-refractivity contribution >= 4 is 17.9 Å². The number of para-hydroxylation sites is 1. The molecule has 0 aromatic heterocycles. The zero-order chi connectivity index (χ0) is 19.5. The van der Waals surface area contributed by atoms with Crippen LogP contribution in [0.2, 0.25) is 0 Å². The van der Waals surface area contributed by atoms with Crippen molar-refractivity contribution < 1.29 is 14.0 Å².